The minimum absolute atomic E-state index is 0.0470. The molecule has 7 nitrogen and oxygen atoms in total. The molecule has 30 heavy (non-hydrogen) atoms. The van der Waals surface area contributed by atoms with Crippen LogP contribution in [-0.4, -0.2) is 31.3 Å². The number of nitriles is 1. The summed E-state index contributed by atoms with van der Waals surface area (Å²) in [6, 6.07) is 9.10. The number of rotatable bonds is 7. The Morgan fingerprint density at radius 3 is 2.90 bits per heavy atom. The third kappa shape index (κ3) is 4.55. The number of nitrogens with one attached hydrogen (secondary N) is 1. The number of imidazole rings is 1. The molecule has 0 bridgehead atoms. The molecule has 0 spiro atoms. The van der Waals surface area contributed by atoms with Gasteiger partial charge in [-0.15, -0.1) is 0 Å². The molecule has 1 aliphatic rings. The third-order valence-corrected chi connectivity index (χ3v) is 5.45. The normalized spacial score (nSPS) is 14.3. The lowest BCUT2D eigenvalue weighted by Gasteiger charge is -2.13. The van der Waals surface area contributed by atoms with E-state index in [9.17, 15) is 4.79 Å². The summed E-state index contributed by atoms with van der Waals surface area (Å²) in [7, 11) is 1.99. The van der Waals surface area contributed by atoms with Crippen LogP contribution < -0.4 is 5.32 Å². The standard InChI is InChI=1S/C22H23ClN6O/c1-14(25-21(30)10-18-13-28(2)22(26-18)15-3-4-15)12-29-8-7-20(27-29)16-5-6-17(11-24)19(23)9-16/h5-9,13-15H,3-4,10,12H2,1-2H3,(H,25,30)/t14-/m0/s1. The molecule has 1 N–H and O–H groups in total. The van der Waals surface area contributed by atoms with Gasteiger partial charge in [-0.3, -0.25) is 9.48 Å². The van der Waals surface area contributed by atoms with Gasteiger partial charge in [-0.1, -0.05) is 17.7 Å². The number of aromatic nitrogens is 4. The molecule has 4 rings (SSSR count). The summed E-state index contributed by atoms with van der Waals surface area (Å²) in [6.07, 6.45) is 6.46. The fourth-order valence-corrected chi connectivity index (χ4v) is 3.77. The van der Waals surface area contributed by atoms with Crippen molar-refractivity contribution in [2.24, 2.45) is 7.05 Å². The van der Waals surface area contributed by atoms with Crippen molar-refractivity contribution in [1.82, 2.24) is 24.6 Å². The van der Waals surface area contributed by atoms with Crippen LogP contribution in [0.2, 0.25) is 5.02 Å². The molecule has 154 valence electrons. The summed E-state index contributed by atoms with van der Waals surface area (Å²) in [5, 5.41) is 17.0. The van der Waals surface area contributed by atoms with E-state index in [1.54, 1.807) is 16.8 Å². The average Bonchev–Trinajstić information content (AvgIpc) is 3.33. The number of carbonyl (C=O) groups is 1. The Labute approximate surface area is 180 Å². The lowest BCUT2D eigenvalue weighted by molar-refractivity contribution is -0.121. The number of hydrogen-bond acceptors (Lipinski definition) is 4. The van der Waals surface area contributed by atoms with Crippen LogP contribution in [-0.2, 0) is 24.8 Å². The van der Waals surface area contributed by atoms with Gasteiger partial charge in [0.05, 0.1) is 34.9 Å². The minimum atomic E-state index is -0.0820. The number of carbonyl (C=O) groups excluding carboxylic acids is 1. The first kappa shape index (κ1) is 20.2. The Morgan fingerprint density at radius 1 is 1.40 bits per heavy atom. The van der Waals surface area contributed by atoms with E-state index in [0.717, 1.165) is 22.8 Å². The summed E-state index contributed by atoms with van der Waals surface area (Å²) < 4.78 is 3.82. The molecular weight excluding hydrogens is 400 g/mol. The van der Waals surface area contributed by atoms with Gasteiger partial charge in [0.1, 0.15) is 11.9 Å². The van der Waals surface area contributed by atoms with Crippen molar-refractivity contribution in [2.45, 2.75) is 44.7 Å². The van der Waals surface area contributed by atoms with E-state index in [2.05, 4.69) is 21.5 Å². The van der Waals surface area contributed by atoms with Crippen LogP contribution in [0.25, 0.3) is 11.3 Å². The zero-order chi connectivity index (χ0) is 21.3. The van der Waals surface area contributed by atoms with E-state index in [1.165, 1.54) is 12.8 Å². The Kier molecular flexibility index (Phi) is 5.60. The SMILES string of the molecule is C[C@@H](Cn1ccc(-c2ccc(C#N)c(Cl)c2)n1)NC(=O)Cc1cn(C)c(C2CC2)n1. The highest BCUT2D eigenvalue weighted by molar-refractivity contribution is 6.32. The van der Waals surface area contributed by atoms with Crippen LogP contribution in [0.4, 0.5) is 0 Å². The average molecular weight is 423 g/mol. The van der Waals surface area contributed by atoms with Crippen molar-refractivity contribution in [3.63, 3.8) is 0 Å². The highest BCUT2D eigenvalue weighted by Gasteiger charge is 2.28. The Morgan fingerprint density at radius 2 is 2.20 bits per heavy atom. The van der Waals surface area contributed by atoms with Crippen LogP contribution in [0.15, 0.2) is 36.7 Å². The predicted molar refractivity (Wildman–Crippen MR) is 114 cm³/mol. The first-order valence-electron chi connectivity index (χ1n) is 9.98. The molecule has 0 saturated heterocycles. The molecule has 1 aromatic carbocycles. The molecule has 8 heteroatoms. The van der Waals surface area contributed by atoms with Crippen molar-refractivity contribution in [2.75, 3.05) is 0 Å². The fourth-order valence-electron chi connectivity index (χ4n) is 3.55. The van der Waals surface area contributed by atoms with Gasteiger partial charge in [0.15, 0.2) is 0 Å². The molecule has 0 unspecified atom stereocenters. The number of benzene rings is 1. The molecule has 3 aromatic rings. The number of nitrogens with zero attached hydrogens (tertiary/aromatic N) is 5. The van der Waals surface area contributed by atoms with Crippen LogP contribution in [0, 0.1) is 11.3 Å². The molecule has 2 aromatic heterocycles. The summed E-state index contributed by atoms with van der Waals surface area (Å²) in [4.78, 5) is 17.0. The zero-order valence-corrected chi connectivity index (χ0v) is 17.7. The van der Waals surface area contributed by atoms with E-state index in [4.69, 9.17) is 16.9 Å². The molecule has 2 heterocycles. The van der Waals surface area contributed by atoms with Gasteiger partial charge in [0, 0.05) is 37.0 Å². The summed E-state index contributed by atoms with van der Waals surface area (Å²) in [6.45, 7) is 2.50. The second-order valence-corrected chi connectivity index (χ2v) is 8.26. The second-order valence-electron chi connectivity index (χ2n) is 7.85. The van der Waals surface area contributed by atoms with Crippen molar-refractivity contribution in [3.8, 4) is 17.3 Å². The maximum absolute atomic E-state index is 12.4. The lowest BCUT2D eigenvalue weighted by Crippen LogP contribution is -2.36. The maximum Gasteiger partial charge on any atom is 0.226 e. The van der Waals surface area contributed by atoms with Gasteiger partial charge in [0.25, 0.3) is 0 Å². The van der Waals surface area contributed by atoms with Crippen LogP contribution in [0.3, 0.4) is 0 Å². The molecule has 1 fully saturated rings. The Balaban J connectivity index is 1.33. The number of aryl methyl sites for hydroxylation is 1. The van der Waals surface area contributed by atoms with Crippen LogP contribution in [0.5, 0.6) is 0 Å². The minimum Gasteiger partial charge on any atom is -0.351 e. The van der Waals surface area contributed by atoms with Gasteiger partial charge >= 0.3 is 0 Å². The Bertz CT molecular complexity index is 1120. The highest BCUT2D eigenvalue weighted by Crippen LogP contribution is 2.39. The van der Waals surface area contributed by atoms with E-state index in [0.29, 0.717) is 23.0 Å². The first-order chi connectivity index (χ1) is 14.4. The van der Waals surface area contributed by atoms with Gasteiger partial charge in [-0.2, -0.15) is 10.4 Å². The molecular formula is C22H23ClN6O. The van der Waals surface area contributed by atoms with Crippen molar-refractivity contribution >= 4 is 17.5 Å². The first-order valence-corrected chi connectivity index (χ1v) is 10.4. The maximum atomic E-state index is 12.4. The molecule has 1 aliphatic carbocycles. The molecule has 1 saturated carbocycles. The van der Waals surface area contributed by atoms with E-state index in [1.807, 2.05) is 43.1 Å². The molecule has 0 radical (unpaired) electrons. The summed E-state index contributed by atoms with van der Waals surface area (Å²) >= 11 is 6.12. The number of halogens is 1. The molecule has 0 aliphatic heterocycles. The number of hydrogen-bond donors (Lipinski definition) is 1. The van der Waals surface area contributed by atoms with Crippen molar-refractivity contribution < 1.29 is 4.79 Å². The summed E-state index contributed by atoms with van der Waals surface area (Å²) in [5.41, 5.74) is 2.86. The largest absolute Gasteiger partial charge is 0.351 e. The lowest BCUT2D eigenvalue weighted by atomic mass is 10.1. The van der Waals surface area contributed by atoms with Gasteiger partial charge < -0.3 is 9.88 Å². The molecule has 1 atom stereocenters. The van der Waals surface area contributed by atoms with Gasteiger partial charge in [0.2, 0.25) is 5.91 Å². The Hall–Kier alpha value is -3.11. The summed E-state index contributed by atoms with van der Waals surface area (Å²) in [5.74, 6) is 1.60. The van der Waals surface area contributed by atoms with Crippen LogP contribution >= 0.6 is 11.6 Å². The quantitative estimate of drug-likeness (QED) is 0.631. The van der Waals surface area contributed by atoms with Gasteiger partial charge in [-0.05, 0) is 38.0 Å². The van der Waals surface area contributed by atoms with E-state index < -0.39 is 0 Å². The second kappa shape index (κ2) is 8.33. The zero-order valence-electron chi connectivity index (χ0n) is 17.0. The van der Waals surface area contributed by atoms with Gasteiger partial charge in [-0.25, -0.2) is 4.98 Å². The molecule has 1 amide bonds. The topological polar surface area (TPSA) is 88.5 Å². The van der Waals surface area contributed by atoms with E-state index >= 15 is 0 Å². The van der Waals surface area contributed by atoms with E-state index in [-0.39, 0.29) is 18.4 Å². The van der Waals surface area contributed by atoms with Crippen molar-refractivity contribution in [3.05, 3.63) is 58.8 Å². The predicted octanol–water partition coefficient (Wildman–Crippen LogP) is 3.43. The van der Waals surface area contributed by atoms with Crippen molar-refractivity contribution in [1.29, 1.82) is 5.26 Å². The monoisotopic (exact) mass is 422 g/mol. The van der Waals surface area contributed by atoms with Crippen LogP contribution in [0.1, 0.15) is 42.8 Å². The highest BCUT2D eigenvalue weighted by atomic mass is 35.5. The fraction of sp³-hybridized carbons (Fsp3) is 0.364. The number of amides is 1. The smallest absolute Gasteiger partial charge is 0.226 e. The third-order valence-electron chi connectivity index (χ3n) is 5.14.